The Morgan fingerprint density at radius 3 is 2.52 bits per heavy atom. The van der Waals surface area contributed by atoms with Gasteiger partial charge in [0.25, 0.3) is 5.91 Å². The number of carbonyl (C=O) groups excluding carboxylic acids is 2. The molecule has 0 unspecified atom stereocenters. The number of benzene rings is 2. The van der Waals surface area contributed by atoms with E-state index in [4.69, 9.17) is 4.74 Å². The third kappa shape index (κ3) is 5.65. The standard InChI is InChI=1S/C21H22F2N2O5S/c22-16-9-7-15(8-10-16)11-12-24-20(26)14-30-21(27)18-5-3-13-25(18)31(28,29)19-6-2-1-4-17(19)23/h1-2,4,6-10,18H,3,5,11-14H2,(H,24,26)/t18-/m1/s1. The van der Waals surface area contributed by atoms with Gasteiger partial charge in [0.15, 0.2) is 6.61 Å². The van der Waals surface area contributed by atoms with Crippen LogP contribution in [0.25, 0.3) is 0 Å². The second-order valence-corrected chi connectivity index (χ2v) is 8.90. The van der Waals surface area contributed by atoms with Crippen molar-refractivity contribution >= 4 is 21.9 Å². The average molecular weight is 452 g/mol. The number of sulfonamides is 1. The molecular formula is C21H22F2N2O5S. The van der Waals surface area contributed by atoms with Gasteiger partial charge in [-0.1, -0.05) is 24.3 Å². The molecule has 2 aromatic carbocycles. The predicted molar refractivity (Wildman–Crippen MR) is 107 cm³/mol. The SMILES string of the molecule is O=C(COC(=O)[C@H]1CCCN1S(=O)(=O)c1ccccc1F)NCCc1ccc(F)cc1. The monoisotopic (exact) mass is 452 g/mol. The van der Waals surface area contributed by atoms with E-state index in [0.29, 0.717) is 12.8 Å². The normalized spacial score (nSPS) is 16.8. The molecule has 0 spiro atoms. The Balaban J connectivity index is 1.52. The molecule has 1 aliphatic rings. The van der Waals surface area contributed by atoms with Crippen LogP contribution in [0.15, 0.2) is 53.4 Å². The summed E-state index contributed by atoms with van der Waals surface area (Å²) < 4.78 is 58.3. The third-order valence-corrected chi connectivity index (χ3v) is 6.84. The zero-order valence-electron chi connectivity index (χ0n) is 16.6. The highest BCUT2D eigenvalue weighted by molar-refractivity contribution is 7.89. The van der Waals surface area contributed by atoms with Crippen molar-refractivity contribution in [1.82, 2.24) is 9.62 Å². The summed E-state index contributed by atoms with van der Waals surface area (Å²) in [4.78, 5) is 23.8. The van der Waals surface area contributed by atoms with Gasteiger partial charge in [-0.15, -0.1) is 0 Å². The van der Waals surface area contributed by atoms with E-state index in [-0.39, 0.29) is 25.3 Å². The molecule has 0 radical (unpaired) electrons. The van der Waals surface area contributed by atoms with Crippen LogP contribution in [0.5, 0.6) is 0 Å². The van der Waals surface area contributed by atoms with Crippen molar-refractivity contribution in [3.05, 3.63) is 65.7 Å². The minimum absolute atomic E-state index is 0.0559. The fourth-order valence-corrected chi connectivity index (χ4v) is 5.04. The van der Waals surface area contributed by atoms with Gasteiger partial charge < -0.3 is 10.1 Å². The number of nitrogens with zero attached hydrogens (tertiary/aromatic N) is 1. The minimum atomic E-state index is -4.22. The molecule has 2 aromatic rings. The van der Waals surface area contributed by atoms with E-state index >= 15 is 0 Å². The molecule has 1 heterocycles. The van der Waals surface area contributed by atoms with Gasteiger partial charge in [0.2, 0.25) is 10.0 Å². The first-order valence-corrected chi connectivity index (χ1v) is 11.2. The topological polar surface area (TPSA) is 92.8 Å². The summed E-state index contributed by atoms with van der Waals surface area (Å²) in [5.74, 6) is -2.65. The summed E-state index contributed by atoms with van der Waals surface area (Å²) in [6, 6.07) is 9.68. The van der Waals surface area contributed by atoms with Gasteiger partial charge in [0, 0.05) is 13.1 Å². The Morgan fingerprint density at radius 1 is 1.10 bits per heavy atom. The summed E-state index contributed by atoms with van der Waals surface area (Å²) >= 11 is 0. The van der Waals surface area contributed by atoms with Crippen LogP contribution in [0.3, 0.4) is 0 Å². The van der Waals surface area contributed by atoms with E-state index in [1.54, 1.807) is 12.1 Å². The Hall–Kier alpha value is -2.85. The van der Waals surface area contributed by atoms with Crippen LogP contribution in [-0.2, 0) is 30.8 Å². The van der Waals surface area contributed by atoms with Gasteiger partial charge >= 0.3 is 5.97 Å². The first-order chi connectivity index (χ1) is 14.8. The van der Waals surface area contributed by atoms with Gasteiger partial charge in [0.1, 0.15) is 22.6 Å². The zero-order valence-corrected chi connectivity index (χ0v) is 17.4. The van der Waals surface area contributed by atoms with Crippen LogP contribution in [-0.4, -0.2) is 50.3 Å². The number of nitrogens with one attached hydrogen (secondary N) is 1. The lowest BCUT2D eigenvalue weighted by atomic mass is 10.1. The minimum Gasteiger partial charge on any atom is -0.454 e. The molecule has 1 aliphatic heterocycles. The largest absolute Gasteiger partial charge is 0.454 e. The number of hydrogen-bond acceptors (Lipinski definition) is 5. The molecule has 1 saturated heterocycles. The first-order valence-electron chi connectivity index (χ1n) is 9.73. The quantitative estimate of drug-likeness (QED) is 0.619. The molecule has 31 heavy (non-hydrogen) atoms. The average Bonchev–Trinajstić information content (AvgIpc) is 3.25. The molecule has 0 aromatic heterocycles. The van der Waals surface area contributed by atoms with E-state index < -0.39 is 45.3 Å². The van der Waals surface area contributed by atoms with Crippen LogP contribution in [0.4, 0.5) is 8.78 Å². The van der Waals surface area contributed by atoms with E-state index in [2.05, 4.69) is 5.32 Å². The van der Waals surface area contributed by atoms with Crippen LogP contribution in [0, 0.1) is 11.6 Å². The molecule has 1 amide bonds. The predicted octanol–water partition coefficient (Wildman–Crippen LogP) is 2.02. The molecule has 1 fully saturated rings. The van der Waals surface area contributed by atoms with Crippen LogP contribution >= 0.6 is 0 Å². The van der Waals surface area contributed by atoms with Crippen molar-refractivity contribution in [3.8, 4) is 0 Å². The lowest BCUT2D eigenvalue weighted by Crippen LogP contribution is -2.42. The fraction of sp³-hybridized carbons (Fsp3) is 0.333. The molecule has 0 aliphatic carbocycles. The molecule has 7 nitrogen and oxygen atoms in total. The van der Waals surface area contributed by atoms with Gasteiger partial charge in [-0.2, -0.15) is 4.31 Å². The molecule has 1 atom stereocenters. The summed E-state index contributed by atoms with van der Waals surface area (Å²) in [5.41, 5.74) is 0.832. The molecule has 3 rings (SSSR count). The Bertz CT molecular complexity index is 1040. The van der Waals surface area contributed by atoms with Crippen molar-refractivity contribution in [3.63, 3.8) is 0 Å². The molecule has 1 N–H and O–H groups in total. The second kappa shape index (κ2) is 9.97. The smallest absolute Gasteiger partial charge is 0.324 e. The highest BCUT2D eigenvalue weighted by atomic mass is 32.2. The van der Waals surface area contributed by atoms with Crippen molar-refractivity contribution in [2.24, 2.45) is 0 Å². The Kier molecular flexibility index (Phi) is 7.34. The van der Waals surface area contributed by atoms with E-state index in [1.165, 1.54) is 24.3 Å². The fourth-order valence-electron chi connectivity index (χ4n) is 3.32. The van der Waals surface area contributed by atoms with Gasteiger partial charge in [-0.25, -0.2) is 17.2 Å². The lowest BCUT2D eigenvalue weighted by molar-refractivity contribution is -0.151. The van der Waals surface area contributed by atoms with Gasteiger partial charge in [-0.3, -0.25) is 9.59 Å². The van der Waals surface area contributed by atoms with Gasteiger partial charge in [-0.05, 0) is 49.1 Å². The Labute approximate surface area is 179 Å². The van der Waals surface area contributed by atoms with E-state index in [0.717, 1.165) is 22.0 Å². The van der Waals surface area contributed by atoms with Crippen molar-refractivity contribution < 1.29 is 31.5 Å². The van der Waals surface area contributed by atoms with Crippen LogP contribution in [0.2, 0.25) is 0 Å². The molecule has 10 heteroatoms. The molecule has 0 saturated carbocycles. The van der Waals surface area contributed by atoms with Gasteiger partial charge in [0.05, 0.1) is 0 Å². The van der Waals surface area contributed by atoms with Crippen molar-refractivity contribution in [1.29, 1.82) is 0 Å². The summed E-state index contributed by atoms with van der Waals surface area (Å²) in [5, 5.41) is 2.58. The number of amides is 1. The summed E-state index contributed by atoms with van der Waals surface area (Å²) in [7, 11) is -4.22. The number of esters is 1. The number of ether oxygens (including phenoxy) is 1. The lowest BCUT2D eigenvalue weighted by Gasteiger charge is -2.22. The Morgan fingerprint density at radius 2 is 1.81 bits per heavy atom. The van der Waals surface area contributed by atoms with Crippen LogP contribution < -0.4 is 5.32 Å². The number of hydrogen-bond donors (Lipinski definition) is 1. The van der Waals surface area contributed by atoms with E-state index in [1.807, 2.05) is 0 Å². The first kappa shape index (κ1) is 22.8. The highest BCUT2D eigenvalue weighted by Gasteiger charge is 2.41. The maximum Gasteiger partial charge on any atom is 0.324 e. The van der Waals surface area contributed by atoms with E-state index in [9.17, 15) is 26.8 Å². The number of halogens is 2. The third-order valence-electron chi connectivity index (χ3n) is 4.89. The van der Waals surface area contributed by atoms with Crippen LogP contribution in [0.1, 0.15) is 18.4 Å². The van der Waals surface area contributed by atoms with Crippen molar-refractivity contribution in [2.75, 3.05) is 19.7 Å². The highest BCUT2D eigenvalue weighted by Crippen LogP contribution is 2.28. The van der Waals surface area contributed by atoms with Crippen molar-refractivity contribution in [2.45, 2.75) is 30.2 Å². The number of rotatable bonds is 8. The molecule has 166 valence electrons. The maximum atomic E-state index is 14.0. The molecular weight excluding hydrogens is 430 g/mol. The summed E-state index contributed by atoms with van der Waals surface area (Å²) in [6.07, 6.45) is 1.10. The second-order valence-electron chi connectivity index (χ2n) is 7.04. The number of carbonyl (C=O) groups is 2. The zero-order chi connectivity index (χ0) is 22.4. The summed E-state index contributed by atoms with van der Waals surface area (Å²) in [6.45, 7) is -0.244. The molecule has 0 bridgehead atoms. The maximum absolute atomic E-state index is 14.0.